The van der Waals surface area contributed by atoms with Crippen molar-refractivity contribution in [2.75, 3.05) is 20.2 Å². The molecule has 5 aliphatic carbocycles. The zero-order chi connectivity index (χ0) is 32.3. The molecule has 248 valence electrons. The molecule has 8 atom stereocenters. The first kappa shape index (κ1) is 31.3. The first-order valence-corrected chi connectivity index (χ1v) is 17.2. The fraction of sp³-hybridized carbons (Fsp3) is 0.778. The maximum atomic E-state index is 13.2. The maximum absolute atomic E-state index is 13.2. The van der Waals surface area contributed by atoms with Gasteiger partial charge in [0.2, 0.25) is 0 Å². The number of nitrogens with zero attached hydrogens (tertiary/aromatic N) is 1. The molecule has 1 saturated heterocycles. The Morgan fingerprint density at radius 1 is 1.16 bits per heavy atom. The number of rotatable bonds is 9. The van der Waals surface area contributed by atoms with Gasteiger partial charge in [0.05, 0.1) is 5.60 Å². The van der Waals surface area contributed by atoms with Crippen LogP contribution in [-0.4, -0.2) is 76.8 Å². The average Bonchev–Trinajstić information content (AvgIpc) is 3.70. The van der Waals surface area contributed by atoms with Gasteiger partial charge in [0.15, 0.2) is 11.5 Å². The molecular weight excluding hydrogens is 572 g/mol. The number of carboxylic acids is 1. The second kappa shape index (κ2) is 10.1. The summed E-state index contributed by atoms with van der Waals surface area (Å²) in [5.74, 6) is 0.553. The van der Waals surface area contributed by atoms with Crippen molar-refractivity contribution >= 4 is 12.1 Å². The van der Waals surface area contributed by atoms with Crippen LogP contribution in [0, 0.1) is 28.6 Å². The molecule has 8 rings (SSSR count). The Hall–Kier alpha value is -2.36. The van der Waals surface area contributed by atoms with Crippen molar-refractivity contribution in [2.45, 2.75) is 128 Å². The molecule has 2 aliphatic heterocycles. The fourth-order valence-electron chi connectivity index (χ4n) is 10.6. The van der Waals surface area contributed by atoms with E-state index >= 15 is 0 Å². The minimum atomic E-state index is -1.08. The van der Waals surface area contributed by atoms with E-state index in [1.54, 1.807) is 7.11 Å². The highest BCUT2D eigenvalue weighted by Gasteiger charge is 2.82. The second-order valence-electron chi connectivity index (χ2n) is 16.8. The number of amides is 1. The van der Waals surface area contributed by atoms with Crippen LogP contribution in [0.1, 0.15) is 97.6 Å². The van der Waals surface area contributed by atoms with Crippen molar-refractivity contribution in [1.82, 2.24) is 10.2 Å². The van der Waals surface area contributed by atoms with Crippen LogP contribution in [0.4, 0.5) is 4.79 Å². The highest BCUT2D eigenvalue weighted by atomic mass is 16.6. The van der Waals surface area contributed by atoms with Gasteiger partial charge in [-0.25, -0.2) is 9.59 Å². The number of carbonyl (C=O) groups is 2. The molecular formula is C36H52N2O7. The monoisotopic (exact) mass is 624 g/mol. The van der Waals surface area contributed by atoms with Gasteiger partial charge in [0, 0.05) is 42.0 Å². The highest BCUT2D eigenvalue weighted by molar-refractivity contribution is 5.81. The van der Waals surface area contributed by atoms with Crippen LogP contribution in [0.2, 0.25) is 0 Å². The zero-order valence-electron chi connectivity index (χ0n) is 28.1. The lowest BCUT2D eigenvalue weighted by atomic mass is 9.33. The summed E-state index contributed by atoms with van der Waals surface area (Å²) in [4.78, 5) is 27.8. The molecule has 9 nitrogen and oxygen atoms in total. The topological polar surface area (TPSA) is 118 Å². The predicted molar refractivity (Wildman–Crippen MR) is 169 cm³/mol. The van der Waals surface area contributed by atoms with Crippen LogP contribution >= 0.6 is 0 Å². The van der Waals surface area contributed by atoms with E-state index in [0.717, 1.165) is 56.7 Å². The lowest BCUT2D eigenvalue weighted by Gasteiger charge is -2.75. The Morgan fingerprint density at radius 3 is 2.51 bits per heavy atom. The highest BCUT2D eigenvalue weighted by Crippen LogP contribution is 2.78. The molecule has 2 spiro atoms. The number of aliphatic hydroxyl groups is 1. The first-order chi connectivity index (χ1) is 21.1. The van der Waals surface area contributed by atoms with Crippen molar-refractivity contribution in [3.05, 3.63) is 23.3 Å². The van der Waals surface area contributed by atoms with Gasteiger partial charge in [-0.2, -0.15) is 0 Å². The van der Waals surface area contributed by atoms with Crippen LogP contribution in [-0.2, 0) is 21.4 Å². The molecule has 1 aromatic carbocycles. The van der Waals surface area contributed by atoms with Crippen LogP contribution in [0.3, 0.4) is 0 Å². The summed E-state index contributed by atoms with van der Waals surface area (Å²) in [5, 5.41) is 24.7. The van der Waals surface area contributed by atoms with Gasteiger partial charge in [-0.05, 0) is 93.7 Å². The van der Waals surface area contributed by atoms with E-state index in [-0.39, 0.29) is 34.2 Å². The van der Waals surface area contributed by atoms with Crippen molar-refractivity contribution in [1.29, 1.82) is 0 Å². The van der Waals surface area contributed by atoms with Crippen LogP contribution in [0.25, 0.3) is 0 Å². The standard InChI is InChI=1S/C36H52N2O7/c1-20(2)16-23(29(39)40)37-31(41)44-24-11-10-22-17-26-34-12-13-36(43-7,25(18-34)33(6,42)32(3,4)5)30-35(34,27(22)28(24)45-30)14-15-38(26)19-21-8-9-21/h10-11,20-21,23,25-26,30,42H,8-9,12-19H2,1-7H3,(H,37,41)(H,39,40)/t23-,25-,26-,30-,33-,34-,35+,36+/m1/s1. The zero-order valence-corrected chi connectivity index (χ0v) is 28.1. The lowest BCUT2D eigenvalue weighted by molar-refractivity contribution is -0.312. The van der Waals surface area contributed by atoms with Gasteiger partial charge in [-0.3, -0.25) is 4.90 Å². The summed E-state index contributed by atoms with van der Waals surface area (Å²) in [7, 11) is 1.78. The van der Waals surface area contributed by atoms with E-state index in [1.165, 1.54) is 18.4 Å². The SMILES string of the molecule is CO[C@@]12CC[C@@]3(C[C@@H]1[C@@](C)(O)C(C)(C)C)[C@H]1Cc4ccc(OC(=O)N[C@H](CC(C)C)C(=O)O)c5c4[C@@]3(CCN1CC1CC1)[C@H]2O5. The molecule has 0 radical (unpaired) electrons. The molecule has 9 heteroatoms. The number of hydrogen-bond acceptors (Lipinski definition) is 7. The third kappa shape index (κ3) is 4.21. The predicted octanol–water partition coefficient (Wildman–Crippen LogP) is 5.30. The van der Waals surface area contributed by atoms with E-state index < -0.39 is 29.3 Å². The molecule has 3 N–H and O–H groups in total. The number of hydrogen-bond donors (Lipinski definition) is 3. The minimum absolute atomic E-state index is 0.0900. The Labute approximate surface area is 267 Å². The van der Waals surface area contributed by atoms with Crippen LogP contribution < -0.4 is 14.8 Å². The summed E-state index contributed by atoms with van der Waals surface area (Å²) < 4.78 is 19.7. The summed E-state index contributed by atoms with van der Waals surface area (Å²) >= 11 is 0. The van der Waals surface area contributed by atoms with Crippen molar-refractivity contribution in [3.63, 3.8) is 0 Å². The van der Waals surface area contributed by atoms with E-state index in [1.807, 2.05) is 26.8 Å². The second-order valence-corrected chi connectivity index (χ2v) is 16.8. The van der Waals surface area contributed by atoms with Gasteiger partial charge < -0.3 is 29.7 Å². The van der Waals surface area contributed by atoms with E-state index in [2.05, 4.69) is 37.1 Å². The van der Waals surface area contributed by atoms with Gasteiger partial charge in [0.25, 0.3) is 0 Å². The van der Waals surface area contributed by atoms with Gasteiger partial charge in [-0.1, -0.05) is 40.7 Å². The number of likely N-dealkylation sites (tertiary alicyclic amines) is 1. The number of carbonyl (C=O) groups excluding carboxylic acids is 1. The number of ether oxygens (including phenoxy) is 3. The fourth-order valence-corrected chi connectivity index (χ4v) is 10.6. The summed E-state index contributed by atoms with van der Waals surface area (Å²) in [6.07, 6.45) is 6.29. The first-order valence-electron chi connectivity index (χ1n) is 17.2. The van der Waals surface area contributed by atoms with Crippen molar-refractivity contribution in [3.8, 4) is 11.5 Å². The molecule has 4 bridgehead atoms. The number of piperidine rings is 1. The third-order valence-electron chi connectivity index (χ3n) is 13.3. The Bertz CT molecular complexity index is 1400. The molecule has 1 aromatic rings. The van der Waals surface area contributed by atoms with E-state index in [0.29, 0.717) is 24.0 Å². The molecule has 1 amide bonds. The van der Waals surface area contributed by atoms with Gasteiger partial charge >= 0.3 is 12.1 Å². The molecule has 2 heterocycles. The van der Waals surface area contributed by atoms with Gasteiger partial charge in [0.1, 0.15) is 17.7 Å². The lowest BCUT2D eigenvalue weighted by Crippen LogP contribution is -2.83. The number of carboxylic acid groups (broad SMARTS) is 1. The average molecular weight is 625 g/mol. The molecule has 0 aromatic heterocycles. The molecule has 45 heavy (non-hydrogen) atoms. The van der Waals surface area contributed by atoms with E-state index in [4.69, 9.17) is 14.2 Å². The van der Waals surface area contributed by atoms with Crippen LogP contribution in [0.15, 0.2) is 12.1 Å². The third-order valence-corrected chi connectivity index (χ3v) is 13.3. The Balaban J connectivity index is 1.34. The summed E-state index contributed by atoms with van der Waals surface area (Å²) in [6.45, 7) is 14.3. The number of nitrogens with one attached hydrogen (secondary N) is 1. The molecule has 7 aliphatic rings. The maximum Gasteiger partial charge on any atom is 0.413 e. The minimum Gasteiger partial charge on any atom is -0.482 e. The molecule has 5 fully saturated rings. The normalized spacial score (nSPS) is 36.6. The van der Waals surface area contributed by atoms with Crippen molar-refractivity contribution in [2.24, 2.45) is 28.6 Å². The smallest absolute Gasteiger partial charge is 0.413 e. The van der Waals surface area contributed by atoms with Gasteiger partial charge in [-0.15, -0.1) is 0 Å². The van der Waals surface area contributed by atoms with E-state index in [9.17, 15) is 19.8 Å². The Morgan fingerprint density at radius 2 is 1.89 bits per heavy atom. The van der Waals surface area contributed by atoms with Crippen molar-refractivity contribution < 1.29 is 34.0 Å². The number of benzene rings is 1. The quantitative estimate of drug-likeness (QED) is 0.339. The number of methoxy groups -OCH3 is 1. The molecule has 0 unspecified atom stereocenters. The summed E-state index contributed by atoms with van der Waals surface area (Å²) in [5.41, 5.74) is -0.160. The largest absolute Gasteiger partial charge is 0.482 e. The van der Waals surface area contributed by atoms with Crippen LogP contribution in [0.5, 0.6) is 11.5 Å². The number of fused-ring (bicyclic) bond motifs is 2. The number of aliphatic carboxylic acids is 1. The molecule has 4 saturated carbocycles. The Kier molecular flexibility index (Phi) is 6.99. The summed E-state index contributed by atoms with van der Waals surface area (Å²) in [6, 6.07) is 3.22.